The number of aliphatic hydroxyl groups is 2. The van der Waals surface area contributed by atoms with Crippen molar-refractivity contribution in [2.24, 2.45) is 29.6 Å². The van der Waals surface area contributed by atoms with Gasteiger partial charge in [-0.1, -0.05) is 12.8 Å². The molecule has 3 heteroatoms. The van der Waals surface area contributed by atoms with E-state index < -0.39 is 5.60 Å². The zero-order chi connectivity index (χ0) is 15.6. The third-order valence-electron chi connectivity index (χ3n) is 9.54. The quantitative estimate of drug-likeness (QED) is 0.722. The van der Waals surface area contributed by atoms with Crippen LogP contribution in [0.3, 0.4) is 0 Å². The zero-order valence-electron chi connectivity index (χ0n) is 14.3. The van der Waals surface area contributed by atoms with Gasteiger partial charge in [-0.05, 0) is 75.5 Å². The summed E-state index contributed by atoms with van der Waals surface area (Å²) >= 11 is 0. The average molecular weight is 317 g/mol. The van der Waals surface area contributed by atoms with Gasteiger partial charge in [0, 0.05) is 18.0 Å². The minimum absolute atomic E-state index is 0.0703. The SMILES string of the molecule is C[C@@H]1CCC2C3CC4CC2(O)C2(C[C@@H](O)[C@H]5CCCCC5C42)N31. The van der Waals surface area contributed by atoms with Crippen molar-refractivity contribution in [3.8, 4) is 0 Å². The van der Waals surface area contributed by atoms with E-state index in [9.17, 15) is 10.2 Å². The number of rotatable bonds is 0. The van der Waals surface area contributed by atoms with Crippen molar-refractivity contribution in [2.45, 2.75) is 94.0 Å². The molecule has 0 amide bonds. The molecule has 3 saturated heterocycles. The Balaban J connectivity index is 1.54. The van der Waals surface area contributed by atoms with E-state index >= 15 is 0 Å². The van der Waals surface area contributed by atoms with Crippen LogP contribution in [0.1, 0.15) is 64.7 Å². The van der Waals surface area contributed by atoms with E-state index in [1.165, 1.54) is 44.9 Å². The lowest BCUT2D eigenvalue weighted by atomic mass is 9.54. The van der Waals surface area contributed by atoms with Crippen molar-refractivity contribution in [1.29, 1.82) is 0 Å². The first-order valence-corrected chi connectivity index (χ1v) is 10.3. The molecule has 23 heavy (non-hydrogen) atoms. The highest BCUT2D eigenvalue weighted by molar-refractivity contribution is 5.34. The van der Waals surface area contributed by atoms with Crippen LogP contribution in [-0.4, -0.2) is 44.4 Å². The van der Waals surface area contributed by atoms with Crippen molar-refractivity contribution in [3.05, 3.63) is 0 Å². The maximum Gasteiger partial charge on any atom is 0.0880 e. The van der Waals surface area contributed by atoms with Gasteiger partial charge in [0.15, 0.2) is 0 Å². The Labute approximate surface area is 139 Å². The maximum atomic E-state index is 12.0. The van der Waals surface area contributed by atoms with E-state index in [2.05, 4.69) is 11.8 Å². The fourth-order valence-corrected chi connectivity index (χ4v) is 9.29. The largest absolute Gasteiger partial charge is 0.393 e. The lowest BCUT2D eigenvalue weighted by molar-refractivity contribution is -0.171. The molecule has 7 aliphatic rings. The third kappa shape index (κ3) is 1.32. The summed E-state index contributed by atoms with van der Waals surface area (Å²) < 4.78 is 0. The molecule has 6 bridgehead atoms. The minimum Gasteiger partial charge on any atom is -0.393 e. The second kappa shape index (κ2) is 4.16. The maximum absolute atomic E-state index is 12.0. The predicted molar refractivity (Wildman–Crippen MR) is 87.8 cm³/mol. The molecule has 0 aromatic carbocycles. The molecule has 128 valence electrons. The molecule has 1 spiro atoms. The summed E-state index contributed by atoms with van der Waals surface area (Å²) in [5.41, 5.74) is -0.557. The normalized spacial score (nSPS) is 68.7. The van der Waals surface area contributed by atoms with Gasteiger partial charge in [-0.15, -0.1) is 0 Å². The number of fused-ring (bicyclic) bond motifs is 1. The van der Waals surface area contributed by atoms with Gasteiger partial charge < -0.3 is 10.2 Å². The van der Waals surface area contributed by atoms with Gasteiger partial charge in [-0.2, -0.15) is 0 Å². The third-order valence-corrected chi connectivity index (χ3v) is 9.54. The molecule has 3 heterocycles. The van der Waals surface area contributed by atoms with Gasteiger partial charge in [0.1, 0.15) is 0 Å². The summed E-state index contributed by atoms with van der Waals surface area (Å²) in [6, 6.07) is 1.21. The van der Waals surface area contributed by atoms with Gasteiger partial charge in [0.2, 0.25) is 0 Å². The lowest BCUT2D eigenvalue weighted by Gasteiger charge is -2.61. The molecule has 0 radical (unpaired) electrons. The smallest absolute Gasteiger partial charge is 0.0880 e. The lowest BCUT2D eigenvalue weighted by Crippen LogP contribution is -2.69. The number of hydrogen-bond acceptors (Lipinski definition) is 3. The second-order valence-electron chi connectivity index (χ2n) is 9.97. The van der Waals surface area contributed by atoms with Gasteiger partial charge in [-0.25, -0.2) is 0 Å². The summed E-state index contributed by atoms with van der Waals surface area (Å²) in [7, 11) is 0. The summed E-state index contributed by atoms with van der Waals surface area (Å²) in [6.07, 6.45) is 10.7. The molecule has 2 N–H and O–H groups in total. The average Bonchev–Trinajstić information content (AvgIpc) is 2.75. The Bertz CT molecular complexity index is 552. The molecule has 11 atom stereocenters. The van der Waals surface area contributed by atoms with Crippen LogP contribution in [0.5, 0.6) is 0 Å². The highest BCUT2D eigenvalue weighted by atomic mass is 16.3. The van der Waals surface area contributed by atoms with Crippen LogP contribution >= 0.6 is 0 Å². The van der Waals surface area contributed by atoms with Gasteiger partial charge in [0.25, 0.3) is 0 Å². The monoisotopic (exact) mass is 317 g/mol. The van der Waals surface area contributed by atoms with Gasteiger partial charge in [0.05, 0.1) is 17.2 Å². The van der Waals surface area contributed by atoms with Crippen LogP contribution in [0.2, 0.25) is 0 Å². The van der Waals surface area contributed by atoms with Gasteiger partial charge in [-0.3, -0.25) is 4.90 Å². The molecule has 0 aromatic rings. The number of piperidine rings is 2. The standard InChI is InChI=1S/C20H31NO2/c1-11-6-7-15-16-8-12-9-20(15,23)19(21(11)16)10-17(22)13-4-2-3-5-14(13)18(12)19/h11-18,22-23H,2-10H2,1H3/t11-,12?,13+,14?,15?,16?,17-,18?,19?,20?/m1/s1. The van der Waals surface area contributed by atoms with E-state index in [1.54, 1.807) is 0 Å². The van der Waals surface area contributed by atoms with Crippen LogP contribution in [0.25, 0.3) is 0 Å². The highest BCUT2D eigenvalue weighted by Crippen LogP contribution is 2.75. The van der Waals surface area contributed by atoms with Crippen LogP contribution in [0.4, 0.5) is 0 Å². The first-order chi connectivity index (χ1) is 11.1. The van der Waals surface area contributed by atoms with Crippen molar-refractivity contribution < 1.29 is 10.2 Å². The van der Waals surface area contributed by atoms with E-state index in [4.69, 9.17) is 0 Å². The summed E-state index contributed by atoms with van der Waals surface area (Å²) in [4.78, 5) is 2.78. The van der Waals surface area contributed by atoms with E-state index in [0.717, 1.165) is 18.8 Å². The van der Waals surface area contributed by atoms with E-state index in [1.807, 2.05) is 0 Å². The zero-order valence-corrected chi connectivity index (χ0v) is 14.3. The Morgan fingerprint density at radius 3 is 2.61 bits per heavy atom. The molecular formula is C20H31NO2. The summed E-state index contributed by atoms with van der Waals surface area (Å²) in [5.74, 6) is 3.10. The first kappa shape index (κ1) is 14.1. The predicted octanol–water partition coefficient (Wildman–Crippen LogP) is 2.55. The Morgan fingerprint density at radius 1 is 1.00 bits per heavy atom. The second-order valence-corrected chi connectivity index (χ2v) is 9.97. The molecular weight excluding hydrogens is 286 g/mol. The molecule has 7 fully saturated rings. The minimum atomic E-state index is -0.487. The Kier molecular flexibility index (Phi) is 2.55. The van der Waals surface area contributed by atoms with E-state index in [0.29, 0.717) is 35.8 Å². The van der Waals surface area contributed by atoms with E-state index in [-0.39, 0.29) is 11.6 Å². The van der Waals surface area contributed by atoms with Crippen LogP contribution in [-0.2, 0) is 0 Å². The molecule has 7 rings (SSSR count). The van der Waals surface area contributed by atoms with Crippen molar-refractivity contribution in [3.63, 3.8) is 0 Å². The summed E-state index contributed by atoms with van der Waals surface area (Å²) in [5, 5.41) is 23.0. The van der Waals surface area contributed by atoms with Crippen molar-refractivity contribution >= 4 is 0 Å². The van der Waals surface area contributed by atoms with Crippen LogP contribution in [0.15, 0.2) is 0 Å². The fraction of sp³-hybridized carbons (Fsp3) is 1.00. The fourth-order valence-electron chi connectivity index (χ4n) is 9.29. The van der Waals surface area contributed by atoms with Gasteiger partial charge >= 0.3 is 0 Å². The number of nitrogens with zero attached hydrogens (tertiary/aromatic N) is 1. The highest BCUT2D eigenvalue weighted by Gasteiger charge is 2.82. The molecule has 8 unspecified atom stereocenters. The topological polar surface area (TPSA) is 43.7 Å². The molecule has 4 aliphatic carbocycles. The molecule has 3 aliphatic heterocycles. The molecule has 3 nitrogen and oxygen atoms in total. The van der Waals surface area contributed by atoms with Crippen molar-refractivity contribution in [2.75, 3.05) is 0 Å². The molecule has 4 saturated carbocycles. The first-order valence-electron chi connectivity index (χ1n) is 10.3. The molecule has 0 aromatic heterocycles. The Hall–Kier alpha value is -0.120. The number of aliphatic hydroxyl groups excluding tert-OH is 1. The van der Waals surface area contributed by atoms with Crippen LogP contribution in [0, 0.1) is 29.6 Å². The summed E-state index contributed by atoms with van der Waals surface area (Å²) in [6.45, 7) is 2.39. The van der Waals surface area contributed by atoms with Crippen molar-refractivity contribution in [1.82, 2.24) is 4.90 Å². The van der Waals surface area contributed by atoms with Crippen LogP contribution < -0.4 is 0 Å². The Morgan fingerprint density at radius 2 is 1.78 bits per heavy atom. The number of hydrogen-bond donors (Lipinski definition) is 2.